The van der Waals surface area contributed by atoms with E-state index in [9.17, 15) is 0 Å². The molecule has 16 nitrogen and oxygen atoms in total. The number of aliphatic carboxylic acids is 8. The number of rotatable bonds is 0. The first kappa shape index (κ1) is 57.4. The standard InChI is InChI=1S/4C2H2O4.2K.Pb.2Sn/c4*3-1(4)2(5)6;;;;;/h4*(H,3,4)(H,5,6);;;;;/q;;;;2*+1;3*+2/p-8. The van der Waals surface area contributed by atoms with Crippen LogP contribution in [0, 0.1) is 0 Å². The average Bonchev–Trinajstić information content (AvgIpc) is 2.40. The number of hydrogen-bond acceptors (Lipinski definition) is 16. The van der Waals surface area contributed by atoms with Crippen LogP contribution >= 0.6 is 0 Å². The Morgan fingerprint density at radius 3 is 0.345 bits per heavy atom. The molecule has 0 fully saturated rings. The van der Waals surface area contributed by atoms with E-state index >= 15 is 0 Å². The van der Waals surface area contributed by atoms with E-state index in [4.69, 9.17) is 79.2 Å². The Labute approximate surface area is 298 Å². The molecule has 0 aliphatic heterocycles. The normalized spacial score (nSPS) is 6.07. The van der Waals surface area contributed by atoms with Crippen LogP contribution in [0.5, 0.6) is 0 Å². The van der Waals surface area contributed by atoms with Crippen LogP contribution in [0.4, 0.5) is 0 Å². The van der Waals surface area contributed by atoms with Crippen LogP contribution in [-0.2, 0) is 38.4 Å². The van der Waals surface area contributed by atoms with Crippen molar-refractivity contribution in [2.24, 2.45) is 0 Å². The van der Waals surface area contributed by atoms with E-state index in [0.29, 0.717) is 0 Å². The summed E-state index contributed by atoms with van der Waals surface area (Å²) in [5.41, 5.74) is 0. The molecule has 0 N–H and O–H groups in total. The zero-order valence-corrected chi connectivity index (χ0v) is 29.9. The molecular weight excluding hydrogens is 875 g/mol. The molecule has 0 atom stereocenters. The maximum Gasteiger partial charge on any atom is 2.00 e. The van der Waals surface area contributed by atoms with Gasteiger partial charge in [-0.15, -0.1) is 0 Å². The van der Waals surface area contributed by atoms with Crippen molar-refractivity contribution in [1.82, 2.24) is 0 Å². The largest absolute Gasteiger partial charge is 2.00 e. The van der Waals surface area contributed by atoms with Gasteiger partial charge in [0.2, 0.25) is 0 Å². The van der Waals surface area contributed by atoms with Crippen LogP contribution in [0.2, 0.25) is 0 Å². The van der Waals surface area contributed by atoms with Crippen LogP contribution in [0.15, 0.2) is 0 Å². The molecule has 0 saturated carbocycles. The third-order valence-electron chi connectivity index (χ3n) is 0.667. The summed E-state index contributed by atoms with van der Waals surface area (Å²) >= 11 is 0. The predicted octanol–water partition coefficient (Wildman–Crippen LogP) is -21.2. The minimum absolute atomic E-state index is 0. The van der Waals surface area contributed by atoms with Crippen molar-refractivity contribution in [1.29, 1.82) is 0 Å². The van der Waals surface area contributed by atoms with E-state index in [1.807, 2.05) is 0 Å². The van der Waals surface area contributed by atoms with Crippen molar-refractivity contribution >= 4 is 123 Å². The monoisotopic (exact) mass is 878 g/mol. The summed E-state index contributed by atoms with van der Waals surface area (Å²) in [6.45, 7) is 0. The third kappa shape index (κ3) is 72.8. The van der Waals surface area contributed by atoms with Crippen molar-refractivity contribution in [3.05, 3.63) is 0 Å². The molecule has 0 unspecified atom stereocenters. The fourth-order valence-corrected chi connectivity index (χ4v) is 0. The summed E-state index contributed by atoms with van der Waals surface area (Å²) < 4.78 is 0. The Balaban J connectivity index is -0.0000000248. The van der Waals surface area contributed by atoms with Crippen molar-refractivity contribution in [3.63, 3.8) is 0 Å². The molecule has 29 heavy (non-hydrogen) atoms. The maximum atomic E-state index is 8.93. The van der Waals surface area contributed by atoms with E-state index < -0.39 is 47.8 Å². The molecule has 0 amide bonds. The van der Waals surface area contributed by atoms with Gasteiger partial charge < -0.3 is 79.2 Å². The Morgan fingerprint density at radius 2 is 0.345 bits per heavy atom. The molecule has 21 heteroatoms. The molecular formula is C8K2O16PbSn2. The molecule has 0 rings (SSSR count). The van der Waals surface area contributed by atoms with Gasteiger partial charge in [0.15, 0.2) is 0 Å². The topological polar surface area (TPSA) is 321 Å². The fraction of sp³-hybridized carbons (Fsp3) is 0. The molecule has 0 bridgehead atoms. The van der Waals surface area contributed by atoms with E-state index in [1.165, 1.54) is 0 Å². The minimum atomic E-state index is -2.19. The van der Waals surface area contributed by atoms with Gasteiger partial charge in [0.1, 0.15) is 0 Å². The average molecular weight is 875 g/mol. The first-order valence-electron chi connectivity index (χ1n) is 4.27. The zero-order valence-electron chi connectivity index (χ0n) is 14.0. The van der Waals surface area contributed by atoms with Gasteiger partial charge in [0.25, 0.3) is 0 Å². The molecule has 0 spiro atoms. The number of carboxylic acids is 8. The first-order valence-corrected chi connectivity index (χ1v) is 4.27. The second-order valence-corrected chi connectivity index (χ2v) is 2.30. The van der Waals surface area contributed by atoms with Crippen molar-refractivity contribution in [2.45, 2.75) is 0 Å². The van der Waals surface area contributed by atoms with Gasteiger partial charge in [-0.05, 0) is 0 Å². The molecule has 0 saturated heterocycles. The number of hydrogen-bond donors (Lipinski definition) is 0. The van der Waals surface area contributed by atoms with Gasteiger partial charge in [-0.2, -0.15) is 0 Å². The van der Waals surface area contributed by atoms with Crippen LogP contribution in [0.3, 0.4) is 0 Å². The molecule has 0 aromatic heterocycles. The molecule has 0 aromatic rings. The Kier molecular flexibility index (Phi) is 73.1. The number of carbonyl (C=O) groups is 8. The predicted molar refractivity (Wildman–Crippen MR) is 57.3 cm³/mol. The Bertz CT molecular complexity index is 409. The maximum absolute atomic E-state index is 8.93. The molecule has 142 valence electrons. The van der Waals surface area contributed by atoms with Gasteiger partial charge in [0, 0.05) is 0 Å². The number of carbonyl (C=O) groups excluding carboxylic acids is 8. The summed E-state index contributed by atoms with van der Waals surface area (Å²) in [7, 11) is 0. The van der Waals surface area contributed by atoms with E-state index in [0.717, 1.165) is 0 Å². The molecule has 0 heterocycles. The second kappa shape index (κ2) is 36.9. The van der Waals surface area contributed by atoms with E-state index in [-0.39, 0.29) is 178 Å². The summed E-state index contributed by atoms with van der Waals surface area (Å²) in [5.74, 6) is -17.5. The van der Waals surface area contributed by atoms with Gasteiger partial charge in [0.05, 0.1) is 47.8 Å². The quantitative estimate of drug-likeness (QED) is 0.161. The molecule has 0 aromatic carbocycles. The van der Waals surface area contributed by atoms with Gasteiger partial charge >= 0.3 is 178 Å². The van der Waals surface area contributed by atoms with Gasteiger partial charge in [-0.3, -0.25) is 0 Å². The Morgan fingerprint density at radius 1 is 0.310 bits per heavy atom. The van der Waals surface area contributed by atoms with Gasteiger partial charge in [-0.25, -0.2) is 0 Å². The van der Waals surface area contributed by atoms with Crippen molar-refractivity contribution in [2.75, 3.05) is 0 Å². The van der Waals surface area contributed by atoms with Crippen molar-refractivity contribution in [3.8, 4) is 0 Å². The van der Waals surface area contributed by atoms with Crippen LogP contribution in [0.25, 0.3) is 0 Å². The van der Waals surface area contributed by atoms with Crippen LogP contribution in [-0.4, -0.2) is 123 Å². The number of carboxylic acid groups (broad SMARTS) is 8. The summed E-state index contributed by atoms with van der Waals surface area (Å²) in [6, 6.07) is 0. The van der Waals surface area contributed by atoms with E-state index in [1.54, 1.807) is 0 Å². The minimum Gasteiger partial charge on any atom is -0.543 e. The van der Waals surface area contributed by atoms with Gasteiger partial charge in [-0.1, -0.05) is 0 Å². The Hall–Kier alpha value is 1.55. The second-order valence-electron chi connectivity index (χ2n) is 2.30. The molecule has 0 aliphatic carbocycles. The van der Waals surface area contributed by atoms with Crippen LogP contribution < -0.4 is 144 Å². The fourth-order valence-electron chi connectivity index (χ4n) is 0. The summed E-state index contributed by atoms with van der Waals surface area (Å²) in [5, 5.41) is 71.4. The van der Waals surface area contributed by atoms with E-state index in [2.05, 4.69) is 0 Å². The summed E-state index contributed by atoms with van der Waals surface area (Å²) in [6.07, 6.45) is 0. The summed E-state index contributed by atoms with van der Waals surface area (Å²) in [4.78, 5) is 71.4. The molecule has 6 radical (unpaired) electrons. The van der Waals surface area contributed by atoms with Crippen molar-refractivity contribution < 1.29 is 182 Å². The molecule has 0 aliphatic rings. The smallest absolute Gasteiger partial charge is 0.543 e. The van der Waals surface area contributed by atoms with Crippen LogP contribution in [0.1, 0.15) is 0 Å². The zero-order chi connectivity index (χ0) is 20.6. The first-order chi connectivity index (χ1) is 10.6. The SMILES string of the molecule is O=C([O-])C(=O)[O-].O=C([O-])C(=O)[O-].O=C([O-])C(=O)[O-].O=C([O-])C(=O)[O-].[K+].[K+].[Pb+2].[Sn+2].[Sn+2]. The third-order valence-corrected chi connectivity index (χ3v) is 0.667.